The van der Waals surface area contributed by atoms with E-state index >= 15 is 0 Å². The molecule has 2 amide bonds. The highest BCUT2D eigenvalue weighted by Crippen LogP contribution is 2.45. The number of ether oxygens (including phenoxy) is 2. The van der Waals surface area contributed by atoms with Crippen LogP contribution in [-0.4, -0.2) is 81.0 Å². The van der Waals surface area contributed by atoms with Crippen LogP contribution in [0.15, 0.2) is 54.2 Å². The maximum Gasteiger partial charge on any atom is 0.425 e. The highest BCUT2D eigenvalue weighted by Gasteiger charge is 2.56. The highest BCUT2D eigenvalue weighted by molar-refractivity contribution is 7.10. The van der Waals surface area contributed by atoms with E-state index in [0.717, 1.165) is 30.1 Å². The van der Waals surface area contributed by atoms with Gasteiger partial charge >= 0.3 is 6.18 Å². The maximum absolute atomic E-state index is 15.0. The molecule has 15 heteroatoms. The molecule has 2 saturated heterocycles. The van der Waals surface area contributed by atoms with E-state index in [0.29, 0.717) is 42.8 Å². The minimum absolute atomic E-state index is 0.0578. The quantitative estimate of drug-likeness (QED) is 0.0836. The van der Waals surface area contributed by atoms with Gasteiger partial charge in [-0.25, -0.2) is 8.78 Å². The standard InChI is InChI=1S/C38H42F5N3O6S/c1-3-9-30-37(52-25-22-31(53-24-25)38(41,42)43,14-8-18-46(30)34(49)27-23-44-17-13-26(27)33(39)40)35(50)45-19-15-36(4-2,16-20-45)28-10-5-6-11-29(28)51-21-7-12-32(47)48/h2,5-6,10-11,13,17,22-24,30,32-33,47-48H,3,7-9,12,14-16,18-21H2,1H3. The van der Waals surface area contributed by atoms with Gasteiger partial charge in [0.1, 0.15) is 16.4 Å². The van der Waals surface area contributed by atoms with Crippen molar-refractivity contribution in [1.29, 1.82) is 0 Å². The zero-order valence-electron chi connectivity index (χ0n) is 29.2. The Morgan fingerprint density at radius 1 is 1.13 bits per heavy atom. The number of aliphatic hydroxyl groups excluding tert-OH is 1. The highest BCUT2D eigenvalue weighted by atomic mass is 32.1. The van der Waals surface area contributed by atoms with Crippen molar-refractivity contribution in [2.45, 2.75) is 94.2 Å². The normalized spacial score (nSPS) is 20.4. The van der Waals surface area contributed by atoms with E-state index in [1.54, 1.807) is 17.0 Å². The van der Waals surface area contributed by atoms with Gasteiger partial charge in [-0.05, 0) is 44.2 Å². The number of alkyl halides is 5. The second-order valence-electron chi connectivity index (χ2n) is 13.3. The Hall–Kier alpha value is -4.26. The first-order valence-electron chi connectivity index (χ1n) is 17.5. The molecule has 0 saturated carbocycles. The molecule has 5 rings (SSSR count). The van der Waals surface area contributed by atoms with Crippen LogP contribution in [0.2, 0.25) is 0 Å². The zero-order valence-corrected chi connectivity index (χ0v) is 30.0. The van der Waals surface area contributed by atoms with Crippen LogP contribution in [-0.2, 0) is 16.4 Å². The first-order chi connectivity index (χ1) is 25.3. The molecular weight excluding hydrogens is 721 g/mol. The topological polar surface area (TPSA) is 112 Å². The predicted octanol–water partition coefficient (Wildman–Crippen LogP) is 6.99. The fraction of sp³-hybridized carbons (Fsp3) is 0.500. The van der Waals surface area contributed by atoms with Gasteiger partial charge in [0, 0.05) is 67.4 Å². The Kier molecular flexibility index (Phi) is 12.7. The lowest BCUT2D eigenvalue weighted by atomic mass is 9.72. The monoisotopic (exact) mass is 763 g/mol. The molecule has 2 N–H and O–H groups in total. The zero-order chi connectivity index (χ0) is 38.4. The molecule has 2 atom stereocenters. The Balaban J connectivity index is 1.49. The van der Waals surface area contributed by atoms with Crippen molar-refractivity contribution in [3.8, 4) is 23.8 Å². The van der Waals surface area contributed by atoms with E-state index in [1.807, 2.05) is 19.1 Å². The number of aromatic nitrogens is 1. The fourth-order valence-corrected chi connectivity index (χ4v) is 8.03. The lowest BCUT2D eigenvalue weighted by molar-refractivity contribution is -0.160. The van der Waals surface area contributed by atoms with Crippen molar-refractivity contribution in [2.24, 2.45) is 0 Å². The average molecular weight is 764 g/mol. The number of benzene rings is 1. The second-order valence-corrected chi connectivity index (χ2v) is 14.2. The average Bonchev–Trinajstić information content (AvgIpc) is 3.63. The molecular formula is C38H42F5N3O6S. The summed E-state index contributed by atoms with van der Waals surface area (Å²) >= 11 is 0.419. The number of carbonyl (C=O) groups is 2. The molecule has 4 heterocycles. The van der Waals surface area contributed by atoms with Crippen molar-refractivity contribution in [3.63, 3.8) is 0 Å². The number of carbonyl (C=O) groups excluding carboxylic acids is 2. The fourth-order valence-electron chi connectivity index (χ4n) is 7.35. The summed E-state index contributed by atoms with van der Waals surface area (Å²) in [6.07, 6.45) is 1.30. The third-order valence-electron chi connectivity index (χ3n) is 9.97. The summed E-state index contributed by atoms with van der Waals surface area (Å²) in [5.41, 5.74) is -2.82. The molecule has 0 aliphatic carbocycles. The Bertz CT molecular complexity index is 1770. The summed E-state index contributed by atoms with van der Waals surface area (Å²) in [5, 5.41) is 19.6. The SMILES string of the molecule is C#CC1(c2ccccc2OCCCC(O)O)CCN(C(=O)C2(Oc3csc(C(F)(F)F)c3)CCCN(C(=O)c3cnccc3C(F)F)C2CCC)CC1. The molecule has 286 valence electrons. The molecule has 2 fully saturated rings. The van der Waals surface area contributed by atoms with Gasteiger partial charge in [0.25, 0.3) is 18.2 Å². The number of hydrogen-bond acceptors (Lipinski definition) is 8. The summed E-state index contributed by atoms with van der Waals surface area (Å²) in [6, 6.07) is 8.09. The van der Waals surface area contributed by atoms with Crippen LogP contribution in [0.3, 0.4) is 0 Å². The summed E-state index contributed by atoms with van der Waals surface area (Å²) in [4.78, 5) is 34.9. The van der Waals surface area contributed by atoms with Gasteiger partial charge in [-0.3, -0.25) is 14.6 Å². The molecule has 2 aliphatic heterocycles. The van der Waals surface area contributed by atoms with E-state index in [9.17, 15) is 41.8 Å². The Labute approximate surface area is 308 Å². The van der Waals surface area contributed by atoms with Crippen LogP contribution in [0.5, 0.6) is 11.5 Å². The second kappa shape index (κ2) is 16.8. The molecule has 1 aromatic carbocycles. The number of nitrogens with zero attached hydrogens (tertiary/aromatic N) is 3. The Morgan fingerprint density at radius 3 is 2.51 bits per heavy atom. The largest absolute Gasteiger partial charge is 0.493 e. The Morgan fingerprint density at radius 2 is 1.87 bits per heavy atom. The van der Waals surface area contributed by atoms with Crippen LogP contribution in [0.4, 0.5) is 22.0 Å². The summed E-state index contributed by atoms with van der Waals surface area (Å²) in [5.74, 6) is 1.95. The van der Waals surface area contributed by atoms with Gasteiger partial charge in [0.15, 0.2) is 6.29 Å². The number of para-hydroxylation sites is 1. The number of thiophene rings is 1. The number of likely N-dealkylation sites (tertiary alicyclic amines) is 2. The van der Waals surface area contributed by atoms with Crippen molar-refractivity contribution in [3.05, 3.63) is 75.7 Å². The minimum atomic E-state index is -4.65. The number of pyridine rings is 1. The molecule has 53 heavy (non-hydrogen) atoms. The number of hydrogen-bond donors (Lipinski definition) is 2. The molecule has 0 spiro atoms. The first kappa shape index (κ1) is 39.9. The van der Waals surface area contributed by atoms with Crippen LogP contribution >= 0.6 is 11.3 Å². The molecule has 2 aliphatic rings. The number of piperidine rings is 2. The molecule has 2 aromatic heterocycles. The van der Waals surface area contributed by atoms with Crippen LogP contribution in [0, 0.1) is 12.3 Å². The number of halogens is 5. The van der Waals surface area contributed by atoms with Gasteiger partial charge < -0.3 is 29.5 Å². The number of terminal acetylenes is 1. The van der Waals surface area contributed by atoms with Crippen molar-refractivity contribution >= 4 is 23.2 Å². The summed E-state index contributed by atoms with van der Waals surface area (Å²) in [7, 11) is 0. The van der Waals surface area contributed by atoms with Crippen LogP contribution in [0.1, 0.15) is 91.1 Å². The molecule has 2 unspecified atom stereocenters. The van der Waals surface area contributed by atoms with E-state index in [1.165, 1.54) is 10.3 Å². The molecule has 0 bridgehead atoms. The van der Waals surface area contributed by atoms with Crippen LogP contribution < -0.4 is 9.47 Å². The number of rotatable bonds is 13. The molecule has 9 nitrogen and oxygen atoms in total. The lowest BCUT2D eigenvalue weighted by Crippen LogP contribution is -2.68. The molecule has 3 aromatic rings. The summed E-state index contributed by atoms with van der Waals surface area (Å²) in [6.45, 7) is 2.42. The molecule has 0 radical (unpaired) electrons. The summed E-state index contributed by atoms with van der Waals surface area (Å²) < 4.78 is 81.6. The van der Waals surface area contributed by atoms with Gasteiger partial charge in [0.2, 0.25) is 5.60 Å². The van der Waals surface area contributed by atoms with Crippen molar-refractivity contribution in [1.82, 2.24) is 14.8 Å². The predicted molar refractivity (Wildman–Crippen MR) is 187 cm³/mol. The van der Waals surface area contributed by atoms with Crippen molar-refractivity contribution in [2.75, 3.05) is 26.2 Å². The lowest BCUT2D eigenvalue weighted by Gasteiger charge is -2.51. The number of amides is 2. The minimum Gasteiger partial charge on any atom is -0.493 e. The first-order valence-corrected chi connectivity index (χ1v) is 18.4. The number of aliphatic hydroxyl groups is 2. The third kappa shape index (κ3) is 8.60. The maximum atomic E-state index is 15.0. The van der Waals surface area contributed by atoms with E-state index in [4.69, 9.17) is 15.9 Å². The van der Waals surface area contributed by atoms with Crippen LogP contribution in [0.25, 0.3) is 0 Å². The smallest absolute Gasteiger partial charge is 0.425 e. The van der Waals surface area contributed by atoms with E-state index < -0.39 is 58.2 Å². The van der Waals surface area contributed by atoms with Gasteiger partial charge in [-0.15, -0.1) is 17.8 Å². The van der Waals surface area contributed by atoms with Crippen molar-refractivity contribution < 1.29 is 51.2 Å². The van der Waals surface area contributed by atoms with E-state index in [-0.39, 0.29) is 63.2 Å². The van der Waals surface area contributed by atoms with Gasteiger partial charge in [0.05, 0.1) is 23.6 Å². The van der Waals surface area contributed by atoms with E-state index in [2.05, 4.69) is 10.9 Å². The third-order valence-corrected chi connectivity index (χ3v) is 10.9. The van der Waals surface area contributed by atoms with Gasteiger partial charge in [-0.1, -0.05) is 37.5 Å². The van der Waals surface area contributed by atoms with Gasteiger partial charge in [-0.2, -0.15) is 13.2 Å².